The number of Topliss-reactive ketones (excluding diaryl/α,β-unsaturated/α-hetero) is 1. The Balaban J connectivity index is 1.45. The van der Waals surface area contributed by atoms with Crippen LogP contribution in [0.4, 0.5) is 30.5 Å². The van der Waals surface area contributed by atoms with Gasteiger partial charge in [0.1, 0.15) is 0 Å². The molecule has 1 unspecified atom stereocenters. The number of para-hydroxylation sites is 1. The van der Waals surface area contributed by atoms with Crippen LogP contribution in [0.5, 0.6) is 0 Å². The first-order valence-electron chi connectivity index (χ1n) is 12.0. The number of amides is 2. The zero-order chi connectivity index (χ0) is 30.2. The summed E-state index contributed by atoms with van der Waals surface area (Å²) in [5.41, 5.74) is 1.19. The number of ketones is 1. The van der Waals surface area contributed by atoms with Gasteiger partial charge in [-0.3, -0.25) is 24.2 Å². The molecule has 1 fully saturated rings. The van der Waals surface area contributed by atoms with Gasteiger partial charge in [-0.25, -0.2) is 18.1 Å². The highest BCUT2D eigenvalue weighted by Crippen LogP contribution is 2.33. The lowest BCUT2D eigenvalue weighted by Gasteiger charge is -2.38. The molecule has 2 amide bonds. The van der Waals surface area contributed by atoms with Crippen LogP contribution in [0.25, 0.3) is 11.3 Å². The van der Waals surface area contributed by atoms with Gasteiger partial charge < -0.3 is 4.98 Å². The molecule has 0 bridgehead atoms. The Morgan fingerprint density at radius 3 is 1.93 bits per heavy atom. The van der Waals surface area contributed by atoms with Crippen LogP contribution in [0.15, 0.2) is 96.0 Å². The van der Waals surface area contributed by atoms with Crippen LogP contribution in [-0.4, -0.2) is 47.3 Å². The molecule has 5 rings (SSSR count). The molecule has 214 valence electrons. The Hall–Kier alpha value is -4.89. The molecule has 1 saturated heterocycles. The van der Waals surface area contributed by atoms with Crippen molar-refractivity contribution in [3.63, 3.8) is 0 Å². The molecule has 10 nitrogen and oxygen atoms in total. The lowest BCUT2D eigenvalue weighted by Crippen LogP contribution is -2.63. The maximum Gasteiger partial charge on any atom is 0.451 e. The van der Waals surface area contributed by atoms with Crippen molar-refractivity contribution in [3.8, 4) is 11.3 Å². The molecule has 0 spiro atoms. The van der Waals surface area contributed by atoms with Crippen molar-refractivity contribution in [2.75, 3.05) is 14.5 Å². The van der Waals surface area contributed by atoms with Crippen LogP contribution >= 0.6 is 12.2 Å². The second-order valence-corrected chi connectivity index (χ2v) is 10.9. The number of thiocarbonyl (C=S) groups is 1. The van der Waals surface area contributed by atoms with Gasteiger partial charge in [0.2, 0.25) is 5.95 Å². The molecular weight excluding hydrogens is 595 g/mol. The smallest absolute Gasteiger partial charge is 0.323 e. The summed E-state index contributed by atoms with van der Waals surface area (Å²) in [5, 5.41) is -0.514. The van der Waals surface area contributed by atoms with E-state index in [9.17, 15) is 36.0 Å². The number of sulfonamides is 1. The molecule has 1 atom stereocenters. The Morgan fingerprint density at radius 2 is 1.38 bits per heavy atom. The Kier molecular flexibility index (Phi) is 7.38. The largest absolute Gasteiger partial charge is 0.451 e. The van der Waals surface area contributed by atoms with Gasteiger partial charge in [0.05, 0.1) is 28.2 Å². The van der Waals surface area contributed by atoms with Crippen LogP contribution in [0.2, 0.25) is 0 Å². The standard InChI is InChI=1S/C27H18F3N5O5S2/c28-27(29,30)22(36)21-23(37)34(17-9-5-2-6-10-17)26(41)35(24(21)38)18-11-13-19(14-12-18)42(39,40)33-25-31-15-20(32-25)16-7-3-1-4-8-16/h1-15,21H,(H2,31,32,33). The van der Waals surface area contributed by atoms with E-state index in [1.54, 1.807) is 30.3 Å². The van der Waals surface area contributed by atoms with Crippen molar-refractivity contribution in [1.29, 1.82) is 0 Å². The molecule has 2 heterocycles. The van der Waals surface area contributed by atoms with Gasteiger partial charge in [0.25, 0.3) is 27.6 Å². The third-order valence-electron chi connectivity index (χ3n) is 6.17. The monoisotopic (exact) mass is 613 g/mol. The first-order valence-corrected chi connectivity index (χ1v) is 13.9. The van der Waals surface area contributed by atoms with Crippen molar-refractivity contribution in [1.82, 2.24) is 9.97 Å². The molecule has 1 aliphatic rings. The topological polar surface area (TPSA) is 133 Å². The van der Waals surface area contributed by atoms with Crippen molar-refractivity contribution in [3.05, 3.63) is 91.1 Å². The average Bonchev–Trinajstić information content (AvgIpc) is 3.41. The number of nitrogens with zero attached hydrogens (tertiary/aromatic N) is 3. The quantitative estimate of drug-likeness (QED) is 0.235. The number of benzene rings is 3. The number of aromatic amines is 1. The summed E-state index contributed by atoms with van der Waals surface area (Å²) in [5.74, 6) is -8.35. The molecule has 42 heavy (non-hydrogen) atoms. The minimum Gasteiger partial charge on any atom is -0.323 e. The number of hydrogen-bond donors (Lipinski definition) is 2. The molecule has 0 radical (unpaired) electrons. The number of aromatic nitrogens is 2. The van der Waals surface area contributed by atoms with Crippen LogP contribution in [0.3, 0.4) is 0 Å². The number of alkyl halides is 3. The van der Waals surface area contributed by atoms with E-state index in [4.69, 9.17) is 12.2 Å². The van der Waals surface area contributed by atoms with Gasteiger partial charge in [0, 0.05) is 0 Å². The van der Waals surface area contributed by atoms with E-state index in [2.05, 4.69) is 14.7 Å². The number of carbonyl (C=O) groups is 3. The average molecular weight is 614 g/mol. The molecule has 1 aromatic heterocycles. The molecule has 15 heteroatoms. The lowest BCUT2D eigenvalue weighted by molar-refractivity contribution is -0.177. The summed E-state index contributed by atoms with van der Waals surface area (Å²) >= 11 is 5.31. The lowest BCUT2D eigenvalue weighted by atomic mass is 9.97. The predicted molar refractivity (Wildman–Crippen MR) is 150 cm³/mol. The first-order chi connectivity index (χ1) is 19.9. The number of halogens is 3. The summed E-state index contributed by atoms with van der Waals surface area (Å²) in [4.78, 5) is 46.3. The maximum atomic E-state index is 13.4. The van der Waals surface area contributed by atoms with Crippen molar-refractivity contribution in [2.24, 2.45) is 5.92 Å². The van der Waals surface area contributed by atoms with E-state index >= 15 is 0 Å². The highest BCUT2D eigenvalue weighted by molar-refractivity contribution is 7.92. The normalized spacial score (nSPS) is 16.1. The number of H-pyrrole nitrogens is 1. The Labute approximate surface area is 241 Å². The minimum absolute atomic E-state index is 0.0293. The first kappa shape index (κ1) is 28.6. The molecule has 4 aromatic rings. The summed E-state index contributed by atoms with van der Waals surface area (Å²) < 4.78 is 68.5. The van der Waals surface area contributed by atoms with Crippen molar-refractivity contribution < 1.29 is 36.0 Å². The second-order valence-electron chi connectivity index (χ2n) is 8.87. The number of carbonyl (C=O) groups excluding carboxylic acids is 3. The molecule has 3 aromatic carbocycles. The zero-order valence-corrected chi connectivity index (χ0v) is 22.7. The second kappa shape index (κ2) is 10.8. The summed E-state index contributed by atoms with van der Waals surface area (Å²) in [6, 6.07) is 20.7. The number of rotatable bonds is 7. The zero-order valence-electron chi connectivity index (χ0n) is 21.1. The van der Waals surface area contributed by atoms with Crippen LogP contribution < -0.4 is 14.5 Å². The maximum absolute atomic E-state index is 13.4. The Bertz CT molecular complexity index is 1800. The van der Waals surface area contributed by atoms with E-state index in [-0.39, 0.29) is 22.2 Å². The fraction of sp³-hybridized carbons (Fsp3) is 0.0741. The minimum atomic E-state index is -5.49. The highest BCUT2D eigenvalue weighted by Gasteiger charge is 2.56. The van der Waals surface area contributed by atoms with Gasteiger partial charge in [0.15, 0.2) is 11.0 Å². The molecule has 1 aliphatic heterocycles. The Morgan fingerprint density at radius 1 is 0.857 bits per heavy atom. The fourth-order valence-corrected chi connectivity index (χ4v) is 5.55. The predicted octanol–water partition coefficient (Wildman–Crippen LogP) is 4.29. The molecule has 0 saturated carbocycles. The van der Waals surface area contributed by atoms with Crippen LogP contribution in [0.1, 0.15) is 0 Å². The third kappa shape index (κ3) is 5.38. The molecular formula is C27H18F3N5O5S2. The molecule has 0 aliphatic carbocycles. The summed E-state index contributed by atoms with van der Waals surface area (Å²) in [6.07, 6.45) is -4.05. The number of hydrogen-bond acceptors (Lipinski definition) is 7. The molecule has 2 N–H and O–H groups in total. The highest BCUT2D eigenvalue weighted by atomic mass is 32.2. The van der Waals surface area contributed by atoms with Crippen molar-refractivity contribution >= 4 is 62.3 Å². The SMILES string of the molecule is O=C1C(C(=O)C(F)(F)F)C(=O)N(c2ccc(S(=O)(=O)Nc3ncc(-c4ccccc4)[nH]3)cc2)C(=S)N1c1ccccc1. The van der Waals surface area contributed by atoms with Crippen LogP contribution in [-0.2, 0) is 24.4 Å². The van der Waals surface area contributed by atoms with Gasteiger partial charge in [-0.15, -0.1) is 0 Å². The van der Waals surface area contributed by atoms with Gasteiger partial charge in [-0.1, -0.05) is 48.5 Å². The summed E-state index contributed by atoms with van der Waals surface area (Å²) in [7, 11) is -4.21. The van der Waals surface area contributed by atoms with Gasteiger partial charge in [-0.2, -0.15) is 13.2 Å². The van der Waals surface area contributed by atoms with E-state index < -0.39 is 44.8 Å². The van der Waals surface area contributed by atoms with E-state index in [1.165, 1.54) is 30.5 Å². The number of nitrogens with one attached hydrogen (secondary N) is 2. The number of imidazole rings is 1. The van der Waals surface area contributed by atoms with E-state index in [0.717, 1.165) is 29.8 Å². The van der Waals surface area contributed by atoms with E-state index in [0.29, 0.717) is 15.5 Å². The van der Waals surface area contributed by atoms with Crippen LogP contribution in [0, 0.1) is 5.92 Å². The summed E-state index contributed by atoms with van der Waals surface area (Å²) in [6.45, 7) is 0. The third-order valence-corrected chi connectivity index (χ3v) is 7.89. The van der Waals surface area contributed by atoms with Crippen molar-refractivity contribution in [2.45, 2.75) is 11.1 Å². The van der Waals surface area contributed by atoms with E-state index in [1.807, 2.05) is 6.07 Å². The van der Waals surface area contributed by atoms with Gasteiger partial charge in [-0.05, 0) is 54.2 Å². The van der Waals surface area contributed by atoms with Gasteiger partial charge >= 0.3 is 6.18 Å². The fourth-order valence-electron chi connectivity index (χ4n) is 4.19. The number of anilines is 3.